The Morgan fingerprint density at radius 2 is 2.00 bits per heavy atom. The fourth-order valence-electron chi connectivity index (χ4n) is 3.10. The summed E-state index contributed by atoms with van der Waals surface area (Å²) < 4.78 is 5.27. The van der Waals surface area contributed by atoms with Gasteiger partial charge in [-0.1, -0.05) is 18.2 Å². The van der Waals surface area contributed by atoms with Crippen molar-refractivity contribution < 1.29 is 18.8 Å². The van der Waals surface area contributed by atoms with Gasteiger partial charge in [0.15, 0.2) is 11.3 Å². The second-order valence-corrected chi connectivity index (χ2v) is 6.09. The number of benzene rings is 1. The molecule has 7 heteroatoms. The minimum atomic E-state index is -1.30. The van der Waals surface area contributed by atoms with E-state index in [-0.39, 0.29) is 12.3 Å². The Hall–Kier alpha value is -3.35. The summed E-state index contributed by atoms with van der Waals surface area (Å²) in [5, 5.41) is 3.36. The highest BCUT2D eigenvalue weighted by molar-refractivity contribution is 6.14. The molecule has 0 unspecified atom stereocenters. The molecule has 3 aromatic rings. The number of aromatic amines is 1. The van der Waals surface area contributed by atoms with Gasteiger partial charge in [0, 0.05) is 22.7 Å². The Labute approximate surface area is 142 Å². The smallest absolute Gasteiger partial charge is 0.325 e. The predicted octanol–water partition coefficient (Wildman–Crippen LogP) is 2.41. The van der Waals surface area contributed by atoms with Crippen LogP contribution in [0, 0.1) is 0 Å². The molecule has 4 rings (SSSR count). The zero-order chi connectivity index (χ0) is 17.6. The van der Waals surface area contributed by atoms with E-state index in [1.54, 1.807) is 25.3 Å². The molecule has 1 atom stereocenters. The third-order valence-electron chi connectivity index (χ3n) is 4.48. The van der Waals surface area contributed by atoms with Crippen molar-refractivity contribution in [2.75, 3.05) is 6.54 Å². The van der Waals surface area contributed by atoms with Crippen LogP contribution in [0.15, 0.2) is 53.3 Å². The van der Waals surface area contributed by atoms with Crippen LogP contribution in [-0.2, 0) is 10.3 Å². The van der Waals surface area contributed by atoms with Gasteiger partial charge in [0.05, 0.1) is 12.8 Å². The van der Waals surface area contributed by atoms with Crippen molar-refractivity contribution in [2.24, 2.45) is 0 Å². The highest BCUT2D eigenvalue weighted by atomic mass is 16.3. The van der Waals surface area contributed by atoms with Crippen molar-refractivity contribution in [1.29, 1.82) is 0 Å². The van der Waals surface area contributed by atoms with Crippen LogP contribution in [0.25, 0.3) is 10.9 Å². The van der Waals surface area contributed by atoms with Crippen molar-refractivity contribution in [3.63, 3.8) is 0 Å². The van der Waals surface area contributed by atoms with E-state index in [4.69, 9.17) is 4.42 Å². The number of furan rings is 1. The summed E-state index contributed by atoms with van der Waals surface area (Å²) in [7, 11) is 0. The molecule has 1 fully saturated rings. The van der Waals surface area contributed by atoms with E-state index in [1.807, 2.05) is 24.3 Å². The van der Waals surface area contributed by atoms with Crippen LogP contribution >= 0.6 is 0 Å². The average Bonchev–Trinajstić information content (AvgIpc) is 3.31. The normalized spacial score (nSPS) is 20.3. The maximum atomic E-state index is 12.7. The Balaban J connectivity index is 1.61. The van der Waals surface area contributed by atoms with Crippen LogP contribution in [0.3, 0.4) is 0 Å². The van der Waals surface area contributed by atoms with E-state index >= 15 is 0 Å². The van der Waals surface area contributed by atoms with Crippen LogP contribution in [-0.4, -0.2) is 34.2 Å². The quantitative estimate of drug-likeness (QED) is 0.564. The summed E-state index contributed by atoms with van der Waals surface area (Å²) in [4.78, 5) is 41.6. The molecule has 0 spiro atoms. The summed E-state index contributed by atoms with van der Waals surface area (Å²) in [6, 6.07) is 10.00. The van der Waals surface area contributed by atoms with E-state index in [0.717, 1.165) is 15.8 Å². The maximum absolute atomic E-state index is 12.7. The number of fused-ring (bicyclic) bond motifs is 1. The summed E-state index contributed by atoms with van der Waals surface area (Å²) in [5.74, 6) is -0.502. The summed E-state index contributed by atoms with van der Waals surface area (Å²) in [5.41, 5.74) is -0.0348. The Bertz CT molecular complexity index is 989. The van der Waals surface area contributed by atoms with Crippen LogP contribution in [0.4, 0.5) is 4.79 Å². The van der Waals surface area contributed by atoms with Gasteiger partial charge in [0.2, 0.25) is 0 Å². The fraction of sp³-hybridized carbons (Fsp3) is 0.167. The topological polar surface area (TPSA) is 95.4 Å². The number of H-pyrrole nitrogens is 1. The molecular formula is C18H15N3O4. The van der Waals surface area contributed by atoms with Gasteiger partial charge in [-0.15, -0.1) is 0 Å². The van der Waals surface area contributed by atoms with Gasteiger partial charge in [-0.3, -0.25) is 14.5 Å². The number of Topliss-reactive ketones (excluding diaryl/α,β-unsaturated/α-hetero) is 1. The van der Waals surface area contributed by atoms with Gasteiger partial charge in [-0.05, 0) is 25.1 Å². The molecule has 1 saturated heterocycles. The van der Waals surface area contributed by atoms with E-state index in [0.29, 0.717) is 11.3 Å². The van der Waals surface area contributed by atoms with Gasteiger partial charge in [-0.25, -0.2) is 4.79 Å². The molecule has 3 heterocycles. The monoisotopic (exact) mass is 337 g/mol. The SMILES string of the molecule is C[C@@]1(c2ccco2)NC(=O)N(CC(=O)c2c[nH]c3ccccc23)C1=O. The number of amides is 3. The third-order valence-corrected chi connectivity index (χ3v) is 4.48. The van der Waals surface area contributed by atoms with Crippen molar-refractivity contribution in [1.82, 2.24) is 15.2 Å². The zero-order valence-corrected chi connectivity index (χ0v) is 13.4. The molecule has 1 aliphatic heterocycles. The lowest BCUT2D eigenvalue weighted by Gasteiger charge is -2.18. The minimum Gasteiger partial charge on any atom is -0.466 e. The molecule has 0 aliphatic carbocycles. The number of rotatable bonds is 4. The number of carbonyl (C=O) groups excluding carboxylic acids is 3. The van der Waals surface area contributed by atoms with Gasteiger partial charge < -0.3 is 14.7 Å². The molecule has 0 saturated carbocycles. The first-order valence-electron chi connectivity index (χ1n) is 7.78. The summed E-state index contributed by atoms with van der Waals surface area (Å²) >= 11 is 0. The molecule has 3 amide bonds. The number of hydrogen-bond acceptors (Lipinski definition) is 4. The highest BCUT2D eigenvalue weighted by Gasteiger charge is 2.51. The van der Waals surface area contributed by atoms with Gasteiger partial charge in [-0.2, -0.15) is 0 Å². The van der Waals surface area contributed by atoms with E-state index in [1.165, 1.54) is 6.26 Å². The van der Waals surface area contributed by atoms with Crippen molar-refractivity contribution in [3.8, 4) is 0 Å². The number of imide groups is 1. The van der Waals surface area contributed by atoms with E-state index in [2.05, 4.69) is 10.3 Å². The first kappa shape index (κ1) is 15.2. The minimum absolute atomic E-state index is 0.315. The number of urea groups is 1. The molecule has 0 radical (unpaired) electrons. The van der Waals surface area contributed by atoms with Gasteiger partial charge in [0.1, 0.15) is 5.76 Å². The number of aromatic nitrogens is 1. The largest absolute Gasteiger partial charge is 0.466 e. The lowest BCUT2D eigenvalue weighted by Crippen LogP contribution is -2.41. The van der Waals surface area contributed by atoms with Gasteiger partial charge in [0.25, 0.3) is 5.91 Å². The van der Waals surface area contributed by atoms with Crippen LogP contribution in [0.5, 0.6) is 0 Å². The number of hydrogen-bond donors (Lipinski definition) is 2. The molecular weight excluding hydrogens is 322 g/mol. The molecule has 1 aliphatic rings. The first-order valence-corrected chi connectivity index (χ1v) is 7.78. The lowest BCUT2D eigenvalue weighted by atomic mass is 9.99. The van der Waals surface area contributed by atoms with Crippen molar-refractivity contribution in [3.05, 3.63) is 60.2 Å². The van der Waals surface area contributed by atoms with E-state index < -0.39 is 17.5 Å². The number of carbonyl (C=O) groups is 3. The molecule has 2 aromatic heterocycles. The maximum Gasteiger partial charge on any atom is 0.325 e. The standard InChI is InChI=1S/C18H15N3O4/c1-18(15-7-4-8-25-15)16(23)21(17(24)20-18)10-14(22)12-9-19-13-6-3-2-5-11(12)13/h2-9,19H,10H2,1H3,(H,20,24)/t18-/m0/s1. The Morgan fingerprint density at radius 3 is 2.76 bits per heavy atom. The molecule has 126 valence electrons. The molecule has 25 heavy (non-hydrogen) atoms. The van der Waals surface area contributed by atoms with Gasteiger partial charge >= 0.3 is 6.03 Å². The summed E-state index contributed by atoms with van der Waals surface area (Å²) in [6.07, 6.45) is 3.02. The van der Waals surface area contributed by atoms with Crippen molar-refractivity contribution >= 4 is 28.6 Å². The second-order valence-electron chi connectivity index (χ2n) is 6.09. The third kappa shape index (κ3) is 2.24. The summed E-state index contributed by atoms with van der Waals surface area (Å²) in [6.45, 7) is 1.23. The predicted molar refractivity (Wildman–Crippen MR) is 88.9 cm³/mol. The Morgan fingerprint density at radius 1 is 1.20 bits per heavy atom. The zero-order valence-electron chi connectivity index (χ0n) is 13.4. The first-order chi connectivity index (χ1) is 12.0. The molecule has 2 N–H and O–H groups in total. The Kier molecular flexibility index (Phi) is 3.24. The highest BCUT2D eigenvalue weighted by Crippen LogP contribution is 2.29. The fourth-order valence-corrected chi connectivity index (χ4v) is 3.10. The van der Waals surface area contributed by atoms with Crippen LogP contribution < -0.4 is 5.32 Å². The van der Waals surface area contributed by atoms with Crippen molar-refractivity contribution in [2.45, 2.75) is 12.5 Å². The van der Waals surface area contributed by atoms with Crippen LogP contribution in [0.1, 0.15) is 23.0 Å². The number of nitrogens with zero attached hydrogens (tertiary/aromatic N) is 1. The number of para-hydroxylation sites is 1. The second kappa shape index (κ2) is 5.34. The number of ketones is 1. The molecule has 1 aromatic carbocycles. The van der Waals surface area contributed by atoms with E-state index in [9.17, 15) is 14.4 Å². The average molecular weight is 337 g/mol. The number of nitrogens with one attached hydrogen (secondary N) is 2. The molecule has 7 nitrogen and oxygen atoms in total. The van der Waals surface area contributed by atoms with Crippen LogP contribution in [0.2, 0.25) is 0 Å². The lowest BCUT2D eigenvalue weighted by molar-refractivity contribution is -0.131. The molecule has 0 bridgehead atoms.